The molecule has 1 aromatic carbocycles. The Labute approximate surface area is 116 Å². The summed E-state index contributed by atoms with van der Waals surface area (Å²) in [5.41, 5.74) is 0.114. The minimum Gasteiger partial charge on any atom is -0.504 e. The fourth-order valence-electron chi connectivity index (χ4n) is 2.65. The lowest BCUT2D eigenvalue weighted by atomic mass is 10.1. The maximum Gasteiger partial charge on any atom is 0.258 e. The lowest BCUT2D eigenvalue weighted by Crippen LogP contribution is -2.30. The number of likely N-dealkylation sites (tertiary alicyclic amines) is 1. The number of aromatic hydroxyl groups is 2. The molecule has 0 bridgehead atoms. The number of furan rings is 1. The molecule has 1 aliphatic heterocycles. The van der Waals surface area contributed by atoms with E-state index < -0.39 is 0 Å². The third-order valence-corrected chi connectivity index (χ3v) is 3.63. The standard InChI is InChI=1S/C15H15NO4/c17-12-6-1-4-10(14(12)18)15(19)16-8-2-5-11(16)13-7-3-9-20-13/h1,3-4,6-7,9,11,17-18H,2,5,8H2/t11-/m0/s1. The van der Waals surface area contributed by atoms with E-state index in [9.17, 15) is 15.0 Å². The summed E-state index contributed by atoms with van der Waals surface area (Å²) in [6.45, 7) is 0.610. The van der Waals surface area contributed by atoms with E-state index in [0.717, 1.165) is 18.6 Å². The van der Waals surface area contributed by atoms with Crippen molar-refractivity contribution < 1.29 is 19.4 Å². The number of phenolic OH excluding ortho intramolecular Hbond substituents is 2. The van der Waals surface area contributed by atoms with Gasteiger partial charge in [0.05, 0.1) is 17.9 Å². The highest BCUT2D eigenvalue weighted by Gasteiger charge is 2.33. The zero-order valence-electron chi connectivity index (χ0n) is 10.8. The molecule has 0 aliphatic carbocycles. The molecule has 1 saturated heterocycles. The van der Waals surface area contributed by atoms with Gasteiger partial charge in [-0.2, -0.15) is 0 Å². The van der Waals surface area contributed by atoms with Crippen molar-refractivity contribution in [2.75, 3.05) is 6.54 Å². The van der Waals surface area contributed by atoms with E-state index >= 15 is 0 Å². The van der Waals surface area contributed by atoms with Gasteiger partial charge in [0, 0.05) is 6.54 Å². The zero-order chi connectivity index (χ0) is 14.1. The van der Waals surface area contributed by atoms with Crippen molar-refractivity contribution in [2.24, 2.45) is 0 Å². The highest BCUT2D eigenvalue weighted by molar-refractivity contribution is 5.98. The van der Waals surface area contributed by atoms with Gasteiger partial charge >= 0.3 is 0 Å². The van der Waals surface area contributed by atoms with Crippen molar-refractivity contribution in [1.82, 2.24) is 4.90 Å². The van der Waals surface area contributed by atoms with E-state index in [-0.39, 0.29) is 29.0 Å². The number of carbonyl (C=O) groups is 1. The van der Waals surface area contributed by atoms with Gasteiger partial charge in [-0.15, -0.1) is 0 Å². The molecular formula is C15H15NO4. The Morgan fingerprint density at radius 3 is 2.85 bits per heavy atom. The molecule has 20 heavy (non-hydrogen) atoms. The van der Waals surface area contributed by atoms with Crippen LogP contribution in [-0.2, 0) is 0 Å². The van der Waals surface area contributed by atoms with Crippen LogP contribution < -0.4 is 0 Å². The van der Waals surface area contributed by atoms with E-state index in [0.29, 0.717) is 6.54 Å². The summed E-state index contributed by atoms with van der Waals surface area (Å²) in [4.78, 5) is 14.2. The average molecular weight is 273 g/mol. The highest BCUT2D eigenvalue weighted by Crippen LogP contribution is 2.36. The van der Waals surface area contributed by atoms with Crippen LogP contribution in [0.25, 0.3) is 0 Å². The number of amides is 1. The van der Waals surface area contributed by atoms with Crippen LogP contribution >= 0.6 is 0 Å². The van der Waals surface area contributed by atoms with Crippen molar-refractivity contribution in [3.63, 3.8) is 0 Å². The molecule has 1 amide bonds. The van der Waals surface area contributed by atoms with Gasteiger partial charge in [-0.1, -0.05) is 6.07 Å². The predicted molar refractivity (Wildman–Crippen MR) is 71.5 cm³/mol. The van der Waals surface area contributed by atoms with Crippen LogP contribution in [-0.4, -0.2) is 27.6 Å². The largest absolute Gasteiger partial charge is 0.504 e. The van der Waals surface area contributed by atoms with Crippen LogP contribution in [0.1, 0.15) is 35.0 Å². The molecule has 5 nitrogen and oxygen atoms in total. The second-order valence-corrected chi connectivity index (χ2v) is 4.85. The van der Waals surface area contributed by atoms with Crippen LogP contribution in [0.4, 0.5) is 0 Å². The first-order valence-electron chi connectivity index (χ1n) is 6.54. The number of rotatable bonds is 2. The van der Waals surface area contributed by atoms with E-state index in [1.807, 2.05) is 6.07 Å². The van der Waals surface area contributed by atoms with E-state index in [2.05, 4.69) is 0 Å². The maximum absolute atomic E-state index is 12.5. The van der Waals surface area contributed by atoms with E-state index in [4.69, 9.17) is 4.42 Å². The van der Waals surface area contributed by atoms with Gasteiger partial charge in [-0.25, -0.2) is 0 Å². The minimum atomic E-state index is -0.373. The predicted octanol–water partition coefficient (Wildman–Crippen LogP) is 2.67. The monoisotopic (exact) mass is 273 g/mol. The molecule has 1 fully saturated rings. The summed E-state index contributed by atoms with van der Waals surface area (Å²) in [5.74, 6) is -0.208. The Morgan fingerprint density at radius 2 is 2.10 bits per heavy atom. The molecule has 0 radical (unpaired) electrons. The fraction of sp³-hybridized carbons (Fsp3) is 0.267. The number of carbonyl (C=O) groups excluding carboxylic acids is 1. The maximum atomic E-state index is 12.5. The second kappa shape index (κ2) is 4.92. The fourth-order valence-corrected chi connectivity index (χ4v) is 2.65. The molecule has 5 heteroatoms. The highest BCUT2D eigenvalue weighted by atomic mass is 16.3. The van der Waals surface area contributed by atoms with Gasteiger partial charge in [-0.05, 0) is 37.1 Å². The number of benzene rings is 1. The first-order chi connectivity index (χ1) is 9.68. The van der Waals surface area contributed by atoms with E-state index in [1.165, 1.54) is 12.1 Å². The molecule has 0 saturated carbocycles. The molecule has 104 valence electrons. The van der Waals surface area contributed by atoms with Gasteiger partial charge < -0.3 is 19.5 Å². The van der Waals surface area contributed by atoms with Crippen molar-refractivity contribution in [3.8, 4) is 11.5 Å². The van der Waals surface area contributed by atoms with Gasteiger partial charge in [0.2, 0.25) is 0 Å². The molecule has 3 rings (SSSR count). The Balaban J connectivity index is 1.92. The lowest BCUT2D eigenvalue weighted by molar-refractivity contribution is 0.0716. The smallest absolute Gasteiger partial charge is 0.258 e. The summed E-state index contributed by atoms with van der Waals surface area (Å²) < 4.78 is 5.38. The van der Waals surface area contributed by atoms with Crippen LogP contribution in [0, 0.1) is 0 Å². The third kappa shape index (κ3) is 2.01. The molecule has 1 aliphatic rings. The van der Waals surface area contributed by atoms with Gasteiger partial charge in [0.15, 0.2) is 11.5 Å². The molecule has 1 atom stereocenters. The summed E-state index contributed by atoms with van der Waals surface area (Å²) in [6.07, 6.45) is 3.30. The van der Waals surface area contributed by atoms with Crippen molar-refractivity contribution >= 4 is 5.91 Å². The van der Waals surface area contributed by atoms with Crippen molar-refractivity contribution in [3.05, 3.63) is 47.9 Å². The minimum absolute atomic E-state index is 0.112. The Morgan fingerprint density at radius 1 is 1.25 bits per heavy atom. The number of hydrogen-bond donors (Lipinski definition) is 2. The first-order valence-corrected chi connectivity index (χ1v) is 6.54. The van der Waals surface area contributed by atoms with Gasteiger partial charge in [0.1, 0.15) is 5.76 Å². The summed E-state index contributed by atoms with van der Waals surface area (Å²) in [5, 5.41) is 19.3. The van der Waals surface area contributed by atoms with Crippen LogP contribution in [0.15, 0.2) is 41.0 Å². The third-order valence-electron chi connectivity index (χ3n) is 3.63. The molecule has 2 heterocycles. The molecule has 2 N–H and O–H groups in total. The van der Waals surface area contributed by atoms with E-state index in [1.54, 1.807) is 23.3 Å². The van der Waals surface area contributed by atoms with Gasteiger partial charge in [0.25, 0.3) is 5.91 Å². The quantitative estimate of drug-likeness (QED) is 0.825. The molecule has 0 unspecified atom stereocenters. The molecule has 2 aromatic rings. The topological polar surface area (TPSA) is 73.9 Å². The number of para-hydroxylation sites is 1. The van der Waals surface area contributed by atoms with Crippen molar-refractivity contribution in [1.29, 1.82) is 0 Å². The average Bonchev–Trinajstić information content (AvgIpc) is 3.10. The van der Waals surface area contributed by atoms with Crippen LogP contribution in [0.3, 0.4) is 0 Å². The Bertz CT molecular complexity index is 621. The number of hydrogen-bond acceptors (Lipinski definition) is 4. The molecular weight excluding hydrogens is 258 g/mol. The lowest BCUT2D eigenvalue weighted by Gasteiger charge is -2.23. The second-order valence-electron chi connectivity index (χ2n) is 4.85. The van der Waals surface area contributed by atoms with Gasteiger partial charge in [-0.3, -0.25) is 4.79 Å². The SMILES string of the molecule is O=C(c1cccc(O)c1O)N1CCC[C@H]1c1ccco1. The summed E-state index contributed by atoms with van der Waals surface area (Å²) in [6, 6.07) is 7.93. The van der Waals surface area contributed by atoms with Crippen molar-refractivity contribution in [2.45, 2.75) is 18.9 Å². The van der Waals surface area contributed by atoms with Crippen LogP contribution in [0.2, 0.25) is 0 Å². The zero-order valence-corrected chi connectivity index (χ0v) is 10.8. The summed E-state index contributed by atoms with van der Waals surface area (Å²) in [7, 11) is 0. The molecule has 1 aromatic heterocycles. The Kier molecular flexibility index (Phi) is 3.10. The molecule has 0 spiro atoms. The Hall–Kier alpha value is -2.43. The number of phenols is 2. The summed E-state index contributed by atoms with van der Waals surface area (Å²) >= 11 is 0. The number of nitrogens with zero attached hydrogens (tertiary/aromatic N) is 1. The first kappa shape index (κ1) is 12.6. The van der Waals surface area contributed by atoms with Crippen LogP contribution in [0.5, 0.6) is 11.5 Å². The normalized spacial score (nSPS) is 18.4.